The Morgan fingerprint density at radius 2 is 0.600 bits per heavy atom. The Kier molecular flexibility index (Phi) is 872. The van der Waals surface area contributed by atoms with E-state index in [2.05, 4.69) is 0 Å². The molecule has 0 unspecified atom stereocenters. The van der Waals surface area contributed by atoms with Gasteiger partial charge >= 0.3 is 0 Å². The second-order valence-electron chi connectivity index (χ2n) is 0. The van der Waals surface area contributed by atoms with Gasteiger partial charge in [0.15, 0.2) is 0 Å². The van der Waals surface area contributed by atoms with Gasteiger partial charge < -0.3 is 16.4 Å². The summed E-state index contributed by atoms with van der Waals surface area (Å²) in [5.41, 5.74) is 0. The van der Waals surface area contributed by atoms with E-state index in [1.807, 2.05) is 0 Å². The Morgan fingerprint density at radius 1 is 0.600 bits per heavy atom. The number of halogens is 1. The average Bonchev–Trinajstić information content (AvgIpc) is 0. The molecule has 0 spiro atoms. The Bertz CT molecular complexity index is 6.85. The summed E-state index contributed by atoms with van der Waals surface area (Å²) in [4.78, 5) is 0. The fourth-order valence-electron chi connectivity index (χ4n) is 0. The smallest absolute Gasteiger partial charge is 0 e. The first-order chi connectivity index (χ1) is 0. The number of hydrogen-bond acceptors (Lipinski definition) is 0. The summed E-state index contributed by atoms with van der Waals surface area (Å²) in [6, 6.07) is 0. The van der Waals surface area contributed by atoms with Crippen molar-refractivity contribution in [1.82, 2.24) is 0 Å². The molecule has 6 N–H and O–H groups in total. The second kappa shape index (κ2) is 49.7. The van der Waals surface area contributed by atoms with E-state index in [0.29, 0.717) is 0 Å². The molecule has 3 nitrogen and oxygen atoms in total. The summed E-state index contributed by atoms with van der Waals surface area (Å²) in [6.45, 7) is 0. The van der Waals surface area contributed by atoms with Gasteiger partial charge in [0.1, 0.15) is 0 Å². The van der Waals surface area contributed by atoms with Crippen molar-refractivity contribution < 1.29 is 56.4 Å². The van der Waals surface area contributed by atoms with Crippen LogP contribution in [0.3, 0.4) is 0 Å². The van der Waals surface area contributed by atoms with Crippen molar-refractivity contribution in [3.63, 3.8) is 0 Å². The molecule has 0 saturated carbocycles. The van der Waals surface area contributed by atoms with Crippen LogP contribution in [0.2, 0.25) is 0 Å². The van der Waals surface area contributed by atoms with E-state index in [4.69, 9.17) is 0 Å². The third-order valence-corrected chi connectivity index (χ3v) is 0. The molecule has 0 radical (unpaired) electrons. The van der Waals surface area contributed by atoms with Gasteiger partial charge in [0.05, 0.1) is 0 Å². The van der Waals surface area contributed by atoms with E-state index in [-0.39, 0.29) is 68.8 Å². The Hall–Kier alpha value is 1.49. The van der Waals surface area contributed by atoms with Crippen LogP contribution in [-0.4, -0.2) is 16.4 Å². The molecule has 0 aromatic rings. The van der Waals surface area contributed by atoms with Crippen LogP contribution >= 0.6 is 12.4 Å². The van der Waals surface area contributed by atoms with Crippen molar-refractivity contribution in [2.75, 3.05) is 0 Å². The molecule has 0 rings (SSSR count). The van der Waals surface area contributed by atoms with Crippen molar-refractivity contribution >= 4 is 12.4 Å². The van der Waals surface area contributed by atoms with Gasteiger partial charge in [-0.05, 0) is 0 Å². The van der Waals surface area contributed by atoms with E-state index in [1.54, 1.807) is 0 Å². The predicted molar refractivity (Wildman–Crippen MR) is 18.1 cm³/mol. The minimum Gasteiger partial charge on any atom is -0.412 e. The first kappa shape index (κ1) is 87.8. The van der Waals surface area contributed by atoms with Gasteiger partial charge in [0.25, 0.3) is 0 Å². The summed E-state index contributed by atoms with van der Waals surface area (Å²) < 4.78 is 0. The normalized spacial score (nSPS) is 0. The largest absolute Gasteiger partial charge is 0.412 e. The van der Waals surface area contributed by atoms with Gasteiger partial charge in [-0.2, -0.15) is 0 Å². The Balaban J connectivity index is 0. The van der Waals surface area contributed by atoms with Crippen LogP contribution in [0.5, 0.6) is 0 Å². The second-order valence-corrected chi connectivity index (χ2v) is 0. The molecule has 0 aromatic carbocycles. The van der Waals surface area contributed by atoms with Crippen molar-refractivity contribution in [2.24, 2.45) is 0 Å². The SMILES string of the molecule is Cl.O.O.O.[Gd]. The van der Waals surface area contributed by atoms with Crippen molar-refractivity contribution in [1.29, 1.82) is 0 Å². The zero-order valence-corrected chi connectivity index (χ0v) is 5.35. The first-order valence-corrected chi connectivity index (χ1v) is 0. The Labute approximate surface area is 68.1 Å². The average molecular weight is 248 g/mol. The molecular weight excluding hydrogens is 241 g/mol. The molecule has 5 heteroatoms. The van der Waals surface area contributed by atoms with E-state index < -0.39 is 0 Å². The summed E-state index contributed by atoms with van der Waals surface area (Å²) >= 11 is 0. The summed E-state index contributed by atoms with van der Waals surface area (Å²) in [5.74, 6) is 0. The molecule has 0 aliphatic rings. The monoisotopic (exact) mass is 248 g/mol. The fraction of sp³-hybridized carbons (Fsp3) is 0. The maximum Gasteiger partial charge on any atom is 0 e. The van der Waals surface area contributed by atoms with Crippen molar-refractivity contribution in [3.05, 3.63) is 0 Å². The third kappa shape index (κ3) is 30.0. The molecule has 40 valence electrons. The molecule has 0 heterocycles. The van der Waals surface area contributed by atoms with Crippen LogP contribution in [0.25, 0.3) is 0 Å². The molecule has 5 heavy (non-hydrogen) atoms. The molecule has 0 aromatic heterocycles. The van der Waals surface area contributed by atoms with Crippen LogP contribution in [0, 0.1) is 39.9 Å². The fourth-order valence-corrected chi connectivity index (χ4v) is 0. The quantitative estimate of drug-likeness (QED) is 0.471. The maximum atomic E-state index is 0. The topological polar surface area (TPSA) is 94.5 Å². The van der Waals surface area contributed by atoms with Gasteiger partial charge in [0.2, 0.25) is 0 Å². The maximum absolute atomic E-state index is 0. The van der Waals surface area contributed by atoms with Crippen molar-refractivity contribution in [3.8, 4) is 0 Å². The van der Waals surface area contributed by atoms with Crippen LogP contribution in [-0.2, 0) is 0 Å². The van der Waals surface area contributed by atoms with Gasteiger partial charge in [-0.15, -0.1) is 12.4 Å². The predicted octanol–water partition coefficient (Wildman–Crippen LogP) is -2.05. The van der Waals surface area contributed by atoms with E-state index in [1.165, 1.54) is 0 Å². The molecule has 0 aliphatic heterocycles. The van der Waals surface area contributed by atoms with Gasteiger partial charge in [0, 0.05) is 39.9 Å². The molecule has 0 aliphatic carbocycles. The molecule has 0 bridgehead atoms. The van der Waals surface area contributed by atoms with Gasteiger partial charge in [-0.25, -0.2) is 0 Å². The summed E-state index contributed by atoms with van der Waals surface area (Å²) in [5, 5.41) is 0. The summed E-state index contributed by atoms with van der Waals surface area (Å²) in [6.07, 6.45) is 0. The van der Waals surface area contributed by atoms with Crippen LogP contribution in [0.1, 0.15) is 0 Å². The molecule has 0 saturated heterocycles. The molecule has 0 amide bonds. The van der Waals surface area contributed by atoms with Crippen molar-refractivity contribution in [2.45, 2.75) is 0 Å². The van der Waals surface area contributed by atoms with E-state index >= 15 is 0 Å². The Morgan fingerprint density at radius 3 is 0.600 bits per heavy atom. The van der Waals surface area contributed by atoms with Gasteiger partial charge in [-0.3, -0.25) is 0 Å². The van der Waals surface area contributed by atoms with Crippen LogP contribution in [0.15, 0.2) is 0 Å². The zero-order chi connectivity index (χ0) is 0. The van der Waals surface area contributed by atoms with Gasteiger partial charge in [-0.1, -0.05) is 0 Å². The molecular formula is H7ClGdO3. The molecule has 0 fully saturated rings. The molecule has 0 atom stereocenters. The first-order valence-electron chi connectivity index (χ1n) is 0. The van der Waals surface area contributed by atoms with E-state index in [0.717, 1.165) is 0 Å². The van der Waals surface area contributed by atoms with Crippen LogP contribution in [0.4, 0.5) is 0 Å². The summed E-state index contributed by atoms with van der Waals surface area (Å²) in [7, 11) is 0. The minimum absolute atomic E-state index is 0. The number of hydrogen-bond donors (Lipinski definition) is 0. The minimum atomic E-state index is 0. The van der Waals surface area contributed by atoms with E-state index in [9.17, 15) is 0 Å². The third-order valence-electron chi connectivity index (χ3n) is 0. The zero-order valence-electron chi connectivity index (χ0n) is 2.26. The standard InChI is InChI=1S/ClH.Gd.3H2O/h1H;;3*1H2. The number of rotatable bonds is 0. The van der Waals surface area contributed by atoms with Crippen LogP contribution < -0.4 is 0 Å².